The minimum atomic E-state index is -0.839. The molecule has 0 aromatic heterocycles. The summed E-state index contributed by atoms with van der Waals surface area (Å²) >= 11 is 0. The van der Waals surface area contributed by atoms with Gasteiger partial charge in [-0.3, -0.25) is 9.59 Å². The van der Waals surface area contributed by atoms with Crippen molar-refractivity contribution in [2.75, 3.05) is 13.2 Å². The third kappa shape index (κ3) is 4.98. The summed E-state index contributed by atoms with van der Waals surface area (Å²) in [7, 11) is 0. The van der Waals surface area contributed by atoms with Gasteiger partial charge in [0.1, 0.15) is 11.7 Å². The third-order valence-corrected chi connectivity index (χ3v) is 8.30. The first-order valence-corrected chi connectivity index (χ1v) is 13.0. The molecule has 6 heteroatoms. The Morgan fingerprint density at radius 2 is 1.88 bits per heavy atom. The van der Waals surface area contributed by atoms with E-state index in [9.17, 15) is 9.59 Å². The van der Waals surface area contributed by atoms with Gasteiger partial charge in [0, 0.05) is 25.5 Å². The molecule has 6 nitrogen and oxygen atoms in total. The number of likely N-dealkylation sites (tertiary alicyclic amines) is 1. The second-order valence-corrected chi connectivity index (χ2v) is 11.9. The zero-order valence-electron chi connectivity index (χ0n) is 21.5. The van der Waals surface area contributed by atoms with Gasteiger partial charge in [0.25, 0.3) is 0 Å². The Bertz CT molecular complexity index is 913. The highest BCUT2D eigenvalue weighted by molar-refractivity contribution is 6.01. The normalized spacial score (nSPS) is 31.1. The lowest BCUT2D eigenvalue weighted by Crippen LogP contribution is -2.64. The van der Waals surface area contributed by atoms with E-state index in [0.717, 1.165) is 43.6 Å². The van der Waals surface area contributed by atoms with Crippen LogP contribution in [0.15, 0.2) is 24.3 Å². The minimum Gasteiger partial charge on any atom is -0.468 e. The topological polar surface area (TPSA) is 81.9 Å². The quantitative estimate of drug-likeness (QED) is 0.550. The van der Waals surface area contributed by atoms with Crippen LogP contribution in [0.3, 0.4) is 0 Å². The molecule has 2 amide bonds. The fourth-order valence-electron chi connectivity index (χ4n) is 6.52. The average Bonchev–Trinajstić information content (AvgIpc) is 2.74. The zero-order chi connectivity index (χ0) is 24.7. The first kappa shape index (κ1) is 25.0. The third-order valence-electron chi connectivity index (χ3n) is 8.30. The zero-order valence-corrected chi connectivity index (χ0v) is 21.5. The number of piperidine rings is 1. The molecule has 2 N–H and O–H groups in total. The molecule has 0 spiro atoms. The first-order chi connectivity index (χ1) is 16.0. The molecule has 5 unspecified atom stereocenters. The van der Waals surface area contributed by atoms with Crippen LogP contribution >= 0.6 is 0 Å². The Hall–Kier alpha value is -2.08. The van der Waals surface area contributed by atoms with Gasteiger partial charge in [-0.1, -0.05) is 38.5 Å². The molecular weight excluding hydrogens is 428 g/mol. The number of amides is 2. The summed E-state index contributed by atoms with van der Waals surface area (Å²) in [4.78, 5) is 28.0. The molecule has 1 aromatic carbocycles. The Morgan fingerprint density at radius 3 is 2.56 bits per heavy atom. The molecule has 3 heterocycles. The van der Waals surface area contributed by atoms with Crippen molar-refractivity contribution >= 4 is 11.8 Å². The highest BCUT2D eigenvalue weighted by atomic mass is 16.5. The van der Waals surface area contributed by atoms with Crippen LogP contribution in [0.4, 0.5) is 0 Å². The predicted molar refractivity (Wildman–Crippen MR) is 132 cm³/mol. The van der Waals surface area contributed by atoms with Gasteiger partial charge in [0.15, 0.2) is 5.72 Å². The molecule has 2 saturated heterocycles. The minimum absolute atomic E-state index is 0.105. The largest absolute Gasteiger partial charge is 0.468 e. The maximum atomic E-state index is 13.7. The Morgan fingerprint density at radius 1 is 1.15 bits per heavy atom. The average molecular weight is 471 g/mol. The van der Waals surface area contributed by atoms with Gasteiger partial charge < -0.3 is 20.1 Å². The van der Waals surface area contributed by atoms with E-state index in [1.54, 1.807) is 0 Å². The van der Waals surface area contributed by atoms with Crippen molar-refractivity contribution in [3.05, 3.63) is 29.8 Å². The summed E-state index contributed by atoms with van der Waals surface area (Å²) in [6.07, 6.45) is 5.90. The summed E-state index contributed by atoms with van der Waals surface area (Å²) in [5.74, 6) is 0.677. The van der Waals surface area contributed by atoms with Crippen LogP contribution in [0.1, 0.15) is 84.6 Å². The second kappa shape index (κ2) is 9.52. The number of fused-ring (bicyclic) bond motifs is 4. The van der Waals surface area contributed by atoms with Crippen molar-refractivity contribution in [2.45, 2.75) is 90.4 Å². The SMILES string of the molecule is CC(C)CCC(CCN1C(=O)C(C(N)=O)C2CC1(C)Oc1ccccc12)C1CCOC(C)(C)C1. The molecule has 2 bridgehead atoms. The van der Waals surface area contributed by atoms with Crippen molar-refractivity contribution in [3.8, 4) is 5.75 Å². The number of rotatable bonds is 8. The van der Waals surface area contributed by atoms with Crippen LogP contribution in [0, 0.1) is 23.7 Å². The number of nitrogens with zero attached hydrogens (tertiary/aromatic N) is 1. The molecule has 188 valence electrons. The Kier molecular flexibility index (Phi) is 7.01. The summed E-state index contributed by atoms with van der Waals surface area (Å²) in [6, 6.07) is 7.74. The number of hydrogen-bond acceptors (Lipinski definition) is 4. The maximum absolute atomic E-state index is 13.7. The van der Waals surface area contributed by atoms with Gasteiger partial charge in [-0.05, 0) is 75.8 Å². The first-order valence-electron chi connectivity index (χ1n) is 13.0. The van der Waals surface area contributed by atoms with Crippen molar-refractivity contribution < 1.29 is 19.1 Å². The van der Waals surface area contributed by atoms with Crippen molar-refractivity contribution in [2.24, 2.45) is 29.4 Å². The van der Waals surface area contributed by atoms with Gasteiger partial charge in [0.2, 0.25) is 11.8 Å². The number of benzene rings is 1. The second-order valence-electron chi connectivity index (χ2n) is 11.9. The fourth-order valence-corrected chi connectivity index (χ4v) is 6.52. The van der Waals surface area contributed by atoms with Gasteiger partial charge in [-0.25, -0.2) is 0 Å². The number of primary amides is 1. The number of ether oxygens (including phenoxy) is 2. The van der Waals surface area contributed by atoms with Crippen molar-refractivity contribution in [1.29, 1.82) is 0 Å². The number of para-hydroxylation sites is 1. The molecule has 0 radical (unpaired) electrons. The van der Waals surface area contributed by atoms with E-state index in [1.807, 2.05) is 36.1 Å². The lowest BCUT2D eigenvalue weighted by molar-refractivity contribution is -0.176. The molecule has 0 saturated carbocycles. The van der Waals surface area contributed by atoms with Crippen LogP contribution in [0.2, 0.25) is 0 Å². The summed E-state index contributed by atoms with van der Waals surface area (Å²) < 4.78 is 12.4. The fraction of sp³-hybridized carbons (Fsp3) is 0.714. The number of carbonyl (C=O) groups excluding carboxylic acids is 2. The van der Waals surface area contributed by atoms with Crippen LogP contribution in [-0.2, 0) is 14.3 Å². The van der Waals surface area contributed by atoms with Gasteiger partial charge in [-0.15, -0.1) is 0 Å². The van der Waals surface area contributed by atoms with Crippen LogP contribution < -0.4 is 10.5 Å². The number of nitrogens with two attached hydrogens (primary N) is 1. The molecule has 3 aliphatic rings. The number of carbonyl (C=O) groups is 2. The standard InChI is InChI=1S/C28H42N2O4/c1-18(2)10-11-19(20-13-15-33-27(3,4)16-20)12-14-30-26(32)24(25(29)31)22-17-28(30,5)34-23-9-7-6-8-21(22)23/h6-9,18-20,22,24H,10-17H2,1-5H3,(H2,29,31). The summed E-state index contributed by atoms with van der Waals surface area (Å²) in [5.41, 5.74) is 5.84. The lowest BCUT2D eigenvalue weighted by Gasteiger charge is -2.53. The molecule has 4 rings (SSSR count). The molecule has 34 heavy (non-hydrogen) atoms. The van der Waals surface area contributed by atoms with Crippen LogP contribution in [0.5, 0.6) is 5.75 Å². The van der Waals surface area contributed by atoms with E-state index in [2.05, 4.69) is 27.7 Å². The molecular formula is C28H42N2O4. The maximum Gasteiger partial charge on any atom is 0.238 e. The van der Waals surface area contributed by atoms with Gasteiger partial charge in [-0.2, -0.15) is 0 Å². The van der Waals surface area contributed by atoms with E-state index >= 15 is 0 Å². The van der Waals surface area contributed by atoms with Crippen molar-refractivity contribution in [1.82, 2.24) is 4.90 Å². The summed E-state index contributed by atoms with van der Waals surface area (Å²) in [6.45, 7) is 12.3. The summed E-state index contributed by atoms with van der Waals surface area (Å²) in [5, 5.41) is 0. The van der Waals surface area contributed by atoms with Crippen molar-refractivity contribution in [3.63, 3.8) is 0 Å². The van der Waals surface area contributed by atoms with E-state index in [-0.39, 0.29) is 17.4 Å². The van der Waals surface area contributed by atoms with E-state index < -0.39 is 17.6 Å². The number of hydrogen-bond donors (Lipinski definition) is 1. The molecule has 1 aromatic rings. The molecule has 5 atom stereocenters. The van der Waals surface area contributed by atoms with E-state index in [1.165, 1.54) is 6.42 Å². The molecule has 3 aliphatic heterocycles. The molecule has 2 fully saturated rings. The van der Waals surface area contributed by atoms with Crippen LogP contribution in [0.25, 0.3) is 0 Å². The highest BCUT2D eigenvalue weighted by Gasteiger charge is 2.55. The van der Waals surface area contributed by atoms with Crippen LogP contribution in [-0.4, -0.2) is 41.2 Å². The van der Waals surface area contributed by atoms with Gasteiger partial charge >= 0.3 is 0 Å². The monoisotopic (exact) mass is 470 g/mol. The van der Waals surface area contributed by atoms with E-state index in [4.69, 9.17) is 15.2 Å². The lowest BCUT2D eigenvalue weighted by atomic mass is 9.72. The smallest absolute Gasteiger partial charge is 0.238 e. The highest BCUT2D eigenvalue weighted by Crippen LogP contribution is 2.50. The predicted octanol–water partition coefficient (Wildman–Crippen LogP) is 4.86. The Labute approximate surface area is 204 Å². The Balaban J connectivity index is 1.57. The van der Waals surface area contributed by atoms with E-state index in [0.29, 0.717) is 30.7 Å². The van der Waals surface area contributed by atoms with Gasteiger partial charge in [0.05, 0.1) is 5.60 Å². The molecule has 0 aliphatic carbocycles.